The van der Waals surface area contributed by atoms with Crippen molar-refractivity contribution in [1.82, 2.24) is 0 Å². The lowest BCUT2D eigenvalue weighted by molar-refractivity contribution is -0.136. The van der Waals surface area contributed by atoms with Crippen molar-refractivity contribution in [3.63, 3.8) is 0 Å². The summed E-state index contributed by atoms with van der Waals surface area (Å²) in [7, 11) is -3.89. The smallest absolute Gasteiger partial charge is 0.305 e. The van der Waals surface area contributed by atoms with Gasteiger partial charge < -0.3 is 5.11 Å². The molecule has 0 saturated heterocycles. The minimum atomic E-state index is -3.89. The fourth-order valence-corrected chi connectivity index (χ4v) is 3.99. The van der Waals surface area contributed by atoms with Crippen LogP contribution in [0.1, 0.15) is 17.5 Å². The van der Waals surface area contributed by atoms with E-state index in [1.54, 1.807) is 12.1 Å². The van der Waals surface area contributed by atoms with Crippen molar-refractivity contribution in [1.29, 1.82) is 0 Å². The van der Waals surface area contributed by atoms with Crippen LogP contribution in [-0.4, -0.2) is 26.0 Å². The van der Waals surface area contributed by atoms with Gasteiger partial charge in [0.1, 0.15) is 0 Å². The molecule has 24 heavy (non-hydrogen) atoms. The van der Waals surface area contributed by atoms with Crippen molar-refractivity contribution >= 4 is 33.3 Å². The predicted octanol–water partition coefficient (Wildman–Crippen LogP) is 3.63. The van der Waals surface area contributed by atoms with Gasteiger partial charge in [-0.05, 0) is 61.4 Å². The SMILES string of the molecule is Cc1cc(C)cc(N(CCC(=O)O)S(=O)(=O)c2ccc(Cl)cc2)c1. The number of carbonyl (C=O) groups is 1. The molecule has 0 aliphatic carbocycles. The highest BCUT2D eigenvalue weighted by Gasteiger charge is 2.25. The average Bonchev–Trinajstić information content (AvgIpc) is 2.46. The minimum absolute atomic E-state index is 0.0662. The Bertz CT molecular complexity index is 827. The molecule has 0 aliphatic heterocycles. The van der Waals surface area contributed by atoms with Gasteiger partial charge in [-0.3, -0.25) is 9.10 Å². The predicted molar refractivity (Wildman–Crippen MR) is 94.2 cm³/mol. The standard InChI is InChI=1S/C17H18ClNO4S/c1-12-9-13(2)11-15(10-12)19(8-7-17(20)21)24(22,23)16-5-3-14(18)4-6-16/h3-6,9-11H,7-8H2,1-2H3,(H,20,21). The van der Waals surface area contributed by atoms with Gasteiger partial charge in [0.2, 0.25) is 0 Å². The normalized spacial score (nSPS) is 11.3. The van der Waals surface area contributed by atoms with Gasteiger partial charge in [-0.1, -0.05) is 17.7 Å². The van der Waals surface area contributed by atoms with E-state index in [4.69, 9.17) is 16.7 Å². The molecule has 0 fully saturated rings. The van der Waals surface area contributed by atoms with Crippen LogP contribution in [0.25, 0.3) is 0 Å². The first-order valence-corrected chi connectivity index (χ1v) is 9.10. The second-order valence-corrected chi connectivity index (χ2v) is 7.82. The number of nitrogens with zero attached hydrogens (tertiary/aromatic N) is 1. The summed E-state index contributed by atoms with van der Waals surface area (Å²) < 4.78 is 27.1. The van der Waals surface area contributed by atoms with Crippen LogP contribution in [0.3, 0.4) is 0 Å². The molecular formula is C17H18ClNO4S. The zero-order valence-electron chi connectivity index (χ0n) is 13.4. The van der Waals surface area contributed by atoms with Crippen LogP contribution in [0.15, 0.2) is 47.4 Å². The maximum atomic E-state index is 13.0. The quantitative estimate of drug-likeness (QED) is 0.846. The molecule has 0 bridgehead atoms. The van der Waals surface area contributed by atoms with E-state index in [-0.39, 0.29) is 17.9 Å². The fraction of sp³-hybridized carbons (Fsp3) is 0.235. The Morgan fingerprint density at radius 1 is 1.08 bits per heavy atom. The van der Waals surface area contributed by atoms with Crippen LogP contribution >= 0.6 is 11.6 Å². The van der Waals surface area contributed by atoms with Crippen molar-refractivity contribution in [3.8, 4) is 0 Å². The van der Waals surface area contributed by atoms with E-state index in [0.717, 1.165) is 15.4 Å². The number of aryl methyl sites for hydroxylation is 2. The van der Waals surface area contributed by atoms with Crippen LogP contribution in [0.4, 0.5) is 5.69 Å². The summed E-state index contributed by atoms with van der Waals surface area (Å²) in [6.07, 6.45) is -0.292. The summed E-state index contributed by atoms with van der Waals surface area (Å²) in [5.41, 5.74) is 2.25. The number of sulfonamides is 1. The number of benzene rings is 2. The third kappa shape index (κ3) is 4.27. The zero-order chi connectivity index (χ0) is 17.9. The molecule has 0 radical (unpaired) electrons. The number of anilines is 1. The monoisotopic (exact) mass is 367 g/mol. The first-order chi connectivity index (χ1) is 11.2. The van der Waals surface area contributed by atoms with Crippen molar-refractivity contribution in [2.75, 3.05) is 10.8 Å². The second kappa shape index (κ2) is 7.23. The molecule has 0 atom stereocenters. The Labute approximate surface area is 146 Å². The van der Waals surface area contributed by atoms with Crippen molar-refractivity contribution in [2.24, 2.45) is 0 Å². The molecule has 2 aromatic carbocycles. The number of carboxylic acid groups (broad SMARTS) is 1. The summed E-state index contributed by atoms with van der Waals surface area (Å²) in [5.74, 6) is -1.06. The van der Waals surface area contributed by atoms with Gasteiger partial charge >= 0.3 is 5.97 Å². The van der Waals surface area contributed by atoms with Crippen LogP contribution in [0.2, 0.25) is 5.02 Å². The lowest BCUT2D eigenvalue weighted by atomic mass is 10.1. The number of hydrogen-bond donors (Lipinski definition) is 1. The third-order valence-electron chi connectivity index (χ3n) is 3.42. The number of aliphatic carboxylic acids is 1. The maximum Gasteiger partial charge on any atom is 0.305 e. The molecule has 0 saturated carbocycles. The van der Waals surface area contributed by atoms with Crippen molar-refractivity contribution in [2.45, 2.75) is 25.2 Å². The van der Waals surface area contributed by atoms with E-state index in [9.17, 15) is 13.2 Å². The van der Waals surface area contributed by atoms with E-state index < -0.39 is 16.0 Å². The van der Waals surface area contributed by atoms with Gasteiger partial charge in [-0.15, -0.1) is 0 Å². The van der Waals surface area contributed by atoms with Gasteiger partial charge in [0.25, 0.3) is 10.0 Å². The van der Waals surface area contributed by atoms with E-state index in [0.29, 0.717) is 10.7 Å². The molecule has 2 rings (SSSR count). The fourth-order valence-electron chi connectivity index (χ4n) is 2.41. The summed E-state index contributed by atoms with van der Waals surface area (Å²) >= 11 is 5.82. The van der Waals surface area contributed by atoms with Crippen LogP contribution < -0.4 is 4.31 Å². The molecule has 7 heteroatoms. The molecule has 0 aliphatic rings. The lowest BCUT2D eigenvalue weighted by Crippen LogP contribution is -2.33. The van der Waals surface area contributed by atoms with E-state index >= 15 is 0 Å². The Morgan fingerprint density at radius 3 is 2.12 bits per heavy atom. The largest absolute Gasteiger partial charge is 0.481 e. The van der Waals surface area contributed by atoms with Gasteiger partial charge in [0, 0.05) is 11.6 Å². The summed E-state index contributed by atoms with van der Waals surface area (Å²) in [4.78, 5) is 11.0. The Balaban J connectivity index is 2.52. The van der Waals surface area contributed by atoms with Gasteiger partial charge in [0.15, 0.2) is 0 Å². The Morgan fingerprint density at radius 2 is 1.62 bits per heavy atom. The molecule has 0 heterocycles. The molecule has 5 nitrogen and oxygen atoms in total. The summed E-state index contributed by atoms with van der Waals surface area (Å²) in [6, 6.07) is 11.2. The first-order valence-electron chi connectivity index (χ1n) is 7.28. The maximum absolute atomic E-state index is 13.0. The molecular weight excluding hydrogens is 350 g/mol. The van der Waals surface area contributed by atoms with E-state index in [1.807, 2.05) is 19.9 Å². The number of rotatable bonds is 6. The second-order valence-electron chi connectivity index (χ2n) is 5.52. The highest BCUT2D eigenvalue weighted by Crippen LogP contribution is 2.27. The lowest BCUT2D eigenvalue weighted by Gasteiger charge is -2.25. The van der Waals surface area contributed by atoms with Crippen LogP contribution in [0, 0.1) is 13.8 Å². The Hall–Kier alpha value is -2.05. The van der Waals surface area contributed by atoms with Crippen LogP contribution in [0.5, 0.6) is 0 Å². The zero-order valence-corrected chi connectivity index (χ0v) is 14.9. The van der Waals surface area contributed by atoms with Gasteiger partial charge in [-0.25, -0.2) is 8.42 Å². The van der Waals surface area contributed by atoms with Gasteiger partial charge in [0.05, 0.1) is 17.0 Å². The molecule has 0 spiro atoms. The average molecular weight is 368 g/mol. The molecule has 2 aromatic rings. The number of carboxylic acids is 1. The van der Waals surface area contributed by atoms with Crippen LogP contribution in [-0.2, 0) is 14.8 Å². The molecule has 1 N–H and O–H groups in total. The number of hydrogen-bond acceptors (Lipinski definition) is 3. The van der Waals surface area contributed by atoms with Crippen molar-refractivity contribution < 1.29 is 18.3 Å². The molecule has 0 aromatic heterocycles. The molecule has 128 valence electrons. The summed E-state index contributed by atoms with van der Waals surface area (Å²) in [5, 5.41) is 9.38. The highest BCUT2D eigenvalue weighted by atomic mass is 35.5. The molecule has 0 unspecified atom stereocenters. The van der Waals surface area contributed by atoms with E-state index in [2.05, 4.69) is 0 Å². The Kier molecular flexibility index (Phi) is 5.51. The first kappa shape index (κ1) is 18.3. The third-order valence-corrected chi connectivity index (χ3v) is 5.52. The van der Waals surface area contributed by atoms with E-state index in [1.165, 1.54) is 24.3 Å². The van der Waals surface area contributed by atoms with Gasteiger partial charge in [-0.2, -0.15) is 0 Å². The molecule has 0 amide bonds. The van der Waals surface area contributed by atoms with Crippen molar-refractivity contribution in [3.05, 3.63) is 58.6 Å². The minimum Gasteiger partial charge on any atom is -0.481 e. The highest BCUT2D eigenvalue weighted by molar-refractivity contribution is 7.92. The topological polar surface area (TPSA) is 74.7 Å². The summed E-state index contributed by atoms with van der Waals surface area (Å²) in [6.45, 7) is 3.57. The number of halogens is 1.